The minimum Gasteiger partial charge on any atom is -0.352 e. The number of anilines is 1. The average molecular weight is 399 g/mol. The van der Waals surface area contributed by atoms with Crippen molar-refractivity contribution >= 4 is 29.1 Å². The number of para-hydroxylation sites is 1. The zero-order valence-electron chi connectivity index (χ0n) is 16.1. The fourth-order valence-electron chi connectivity index (χ4n) is 3.72. The van der Waals surface area contributed by atoms with E-state index in [1.54, 1.807) is 24.3 Å². The molecule has 2 aromatic carbocycles. The number of hydrogen-bond donors (Lipinski definition) is 1. The third-order valence-electron chi connectivity index (χ3n) is 5.25. The molecule has 28 heavy (non-hydrogen) atoms. The monoisotopic (exact) mass is 398 g/mol. The van der Waals surface area contributed by atoms with Gasteiger partial charge in [0.25, 0.3) is 5.91 Å². The summed E-state index contributed by atoms with van der Waals surface area (Å²) >= 11 is 6.08. The number of benzene rings is 2. The van der Waals surface area contributed by atoms with E-state index in [9.17, 15) is 9.59 Å². The van der Waals surface area contributed by atoms with Crippen LogP contribution < -0.4 is 10.2 Å². The number of carbonyl (C=O) groups is 2. The quantitative estimate of drug-likeness (QED) is 0.661. The summed E-state index contributed by atoms with van der Waals surface area (Å²) in [4.78, 5) is 27.3. The highest BCUT2D eigenvalue weighted by Crippen LogP contribution is 2.27. The number of nitrogens with zero attached hydrogens (tertiary/aromatic N) is 1. The second-order valence-electron chi connectivity index (χ2n) is 7.25. The van der Waals surface area contributed by atoms with Crippen LogP contribution in [0.4, 0.5) is 5.69 Å². The number of carbonyl (C=O) groups excluding carboxylic acids is 2. The number of hydrogen-bond acceptors (Lipinski definition) is 2. The predicted octanol–water partition coefficient (Wildman–Crippen LogP) is 5.07. The Balaban J connectivity index is 1.58. The minimum absolute atomic E-state index is 0.117. The van der Waals surface area contributed by atoms with Gasteiger partial charge in [0.2, 0.25) is 5.91 Å². The topological polar surface area (TPSA) is 49.4 Å². The van der Waals surface area contributed by atoms with E-state index in [0.29, 0.717) is 30.1 Å². The van der Waals surface area contributed by atoms with Gasteiger partial charge in [0, 0.05) is 24.7 Å². The number of nitrogens with one attached hydrogen (secondary N) is 1. The maximum Gasteiger partial charge on any atom is 0.252 e. The first-order valence-electron chi connectivity index (χ1n) is 10.1. The van der Waals surface area contributed by atoms with Gasteiger partial charge < -0.3 is 10.2 Å². The zero-order chi connectivity index (χ0) is 19.8. The largest absolute Gasteiger partial charge is 0.352 e. The fourth-order valence-corrected chi connectivity index (χ4v) is 3.95. The Labute approximate surface area is 171 Å². The van der Waals surface area contributed by atoms with Gasteiger partial charge in [0.1, 0.15) is 0 Å². The van der Waals surface area contributed by atoms with Gasteiger partial charge in [-0.15, -0.1) is 0 Å². The van der Waals surface area contributed by atoms with Crippen LogP contribution in [-0.4, -0.2) is 24.9 Å². The molecule has 0 radical (unpaired) electrons. The molecular weight excluding hydrogens is 372 g/mol. The Bertz CT molecular complexity index is 788. The van der Waals surface area contributed by atoms with Crippen molar-refractivity contribution in [3.63, 3.8) is 0 Å². The van der Waals surface area contributed by atoms with E-state index in [-0.39, 0.29) is 17.7 Å². The normalized spacial score (nSPS) is 14.5. The lowest BCUT2D eigenvalue weighted by Gasteiger charge is -2.29. The first kappa shape index (κ1) is 20.4. The Morgan fingerprint density at radius 2 is 1.64 bits per heavy atom. The van der Waals surface area contributed by atoms with Crippen LogP contribution in [0.2, 0.25) is 5.02 Å². The third kappa shape index (κ3) is 5.35. The van der Waals surface area contributed by atoms with Gasteiger partial charge in [-0.05, 0) is 43.5 Å². The van der Waals surface area contributed by atoms with Crippen LogP contribution >= 0.6 is 11.6 Å². The molecule has 1 aliphatic rings. The summed E-state index contributed by atoms with van der Waals surface area (Å²) in [5, 5.41) is 3.35. The minimum atomic E-state index is -0.185. The molecule has 0 atom stereocenters. The van der Waals surface area contributed by atoms with Crippen molar-refractivity contribution in [1.82, 2.24) is 5.32 Å². The van der Waals surface area contributed by atoms with Crippen LogP contribution in [0.5, 0.6) is 0 Å². The average Bonchev–Trinajstić information content (AvgIpc) is 2.75. The molecule has 1 aliphatic carbocycles. The Morgan fingerprint density at radius 1 is 0.964 bits per heavy atom. The van der Waals surface area contributed by atoms with Crippen LogP contribution in [0.15, 0.2) is 54.6 Å². The molecule has 0 heterocycles. The molecule has 0 spiro atoms. The van der Waals surface area contributed by atoms with Crippen LogP contribution in [0.3, 0.4) is 0 Å². The number of halogens is 1. The summed E-state index contributed by atoms with van der Waals surface area (Å²) in [6, 6.07) is 16.8. The molecule has 3 rings (SSSR count). The van der Waals surface area contributed by atoms with Gasteiger partial charge in [0.05, 0.1) is 10.6 Å². The molecular formula is C23H27ClN2O2. The van der Waals surface area contributed by atoms with Crippen molar-refractivity contribution in [3.05, 3.63) is 65.2 Å². The SMILES string of the molecule is O=C(NCCCN(C(=O)C1CCCCC1)c1ccccc1)c1ccccc1Cl. The summed E-state index contributed by atoms with van der Waals surface area (Å²) < 4.78 is 0. The molecule has 1 fully saturated rings. The van der Waals surface area contributed by atoms with Crippen molar-refractivity contribution in [2.45, 2.75) is 38.5 Å². The molecule has 2 aromatic rings. The van der Waals surface area contributed by atoms with Crippen molar-refractivity contribution in [2.75, 3.05) is 18.0 Å². The molecule has 1 saturated carbocycles. The van der Waals surface area contributed by atoms with Crippen LogP contribution in [0.1, 0.15) is 48.9 Å². The second-order valence-corrected chi connectivity index (χ2v) is 7.66. The zero-order valence-corrected chi connectivity index (χ0v) is 16.8. The van der Waals surface area contributed by atoms with E-state index in [2.05, 4.69) is 5.32 Å². The molecule has 5 heteroatoms. The maximum atomic E-state index is 13.1. The van der Waals surface area contributed by atoms with Gasteiger partial charge in [0.15, 0.2) is 0 Å². The maximum absolute atomic E-state index is 13.1. The second kappa shape index (κ2) is 10.3. The summed E-state index contributed by atoms with van der Waals surface area (Å²) in [6.07, 6.45) is 6.13. The van der Waals surface area contributed by atoms with Gasteiger partial charge in [-0.25, -0.2) is 0 Å². The van der Waals surface area contributed by atoms with Crippen LogP contribution in [0, 0.1) is 5.92 Å². The van der Waals surface area contributed by atoms with Crippen molar-refractivity contribution in [2.24, 2.45) is 5.92 Å². The molecule has 2 amide bonds. The first-order valence-corrected chi connectivity index (χ1v) is 10.4. The van der Waals surface area contributed by atoms with Crippen molar-refractivity contribution in [3.8, 4) is 0 Å². The van der Waals surface area contributed by atoms with Crippen LogP contribution in [-0.2, 0) is 4.79 Å². The number of amides is 2. The van der Waals surface area contributed by atoms with Crippen LogP contribution in [0.25, 0.3) is 0 Å². The van der Waals surface area contributed by atoms with E-state index in [4.69, 9.17) is 11.6 Å². The summed E-state index contributed by atoms with van der Waals surface area (Å²) in [5.74, 6) is 0.144. The Kier molecular flexibility index (Phi) is 7.49. The number of rotatable bonds is 7. The van der Waals surface area contributed by atoms with Gasteiger partial charge in [-0.3, -0.25) is 9.59 Å². The highest BCUT2D eigenvalue weighted by molar-refractivity contribution is 6.33. The summed E-state index contributed by atoms with van der Waals surface area (Å²) in [7, 11) is 0. The van der Waals surface area contributed by atoms with Gasteiger partial charge in [-0.2, -0.15) is 0 Å². The van der Waals surface area contributed by atoms with Crippen molar-refractivity contribution in [1.29, 1.82) is 0 Å². The predicted molar refractivity (Wildman–Crippen MR) is 114 cm³/mol. The molecule has 0 aliphatic heterocycles. The van der Waals surface area contributed by atoms with E-state index >= 15 is 0 Å². The molecule has 1 N–H and O–H groups in total. The first-order chi connectivity index (χ1) is 13.7. The Morgan fingerprint density at radius 3 is 2.36 bits per heavy atom. The standard InChI is InChI=1S/C23H27ClN2O2/c24-21-15-8-7-14-20(21)22(27)25-16-9-17-26(19-12-5-2-6-13-19)23(28)18-10-3-1-4-11-18/h2,5-8,12-15,18H,1,3-4,9-11,16-17H2,(H,25,27). The lowest BCUT2D eigenvalue weighted by Crippen LogP contribution is -2.39. The lowest BCUT2D eigenvalue weighted by molar-refractivity contribution is -0.123. The van der Waals surface area contributed by atoms with Gasteiger partial charge in [-0.1, -0.05) is 61.2 Å². The molecule has 0 unspecified atom stereocenters. The van der Waals surface area contributed by atoms with Gasteiger partial charge >= 0.3 is 0 Å². The summed E-state index contributed by atoms with van der Waals surface area (Å²) in [5.41, 5.74) is 1.40. The molecule has 0 saturated heterocycles. The van der Waals surface area contributed by atoms with Crippen molar-refractivity contribution < 1.29 is 9.59 Å². The lowest BCUT2D eigenvalue weighted by atomic mass is 9.88. The molecule has 148 valence electrons. The molecule has 4 nitrogen and oxygen atoms in total. The highest BCUT2D eigenvalue weighted by atomic mass is 35.5. The van der Waals surface area contributed by atoms with E-state index in [0.717, 1.165) is 31.4 Å². The third-order valence-corrected chi connectivity index (χ3v) is 5.58. The Hall–Kier alpha value is -2.33. The smallest absolute Gasteiger partial charge is 0.252 e. The highest BCUT2D eigenvalue weighted by Gasteiger charge is 2.26. The van der Waals surface area contributed by atoms with E-state index in [1.807, 2.05) is 35.2 Å². The summed E-state index contributed by atoms with van der Waals surface area (Å²) in [6.45, 7) is 1.08. The fraction of sp³-hybridized carbons (Fsp3) is 0.391. The van der Waals surface area contributed by atoms with E-state index in [1.165, 1.54) is 6.42 Å². The van der Waals surface area contributed by atoms with E-state index < -0.39 is 0 Å². The molecule has 0 bridgehead atoms. The molecule has 0 aromatic heterocycles.